The molecule has 0 aromatic heterocycles. The van der Waals surface area contributed by atoms with Crippen molar-refractivity contribution in [3.8, 4) is 0 Å². The maximum absolute atomic E-state index is 12.2. The number of benzene rings is 1. The van der Waals surface area contributed by atoms with Crippen molar-refractivity contribution in [1.29, 1.82) is 0 Å². The van der Waals surface area contributed by atoms with E-state index in [1.165, 1.54) is 0 Å². The fourth-order valence-corrected chi connectivity index (χ4v) is 2.67. The normalized spacial score (nSPS) is 11.1. The van der Waals surface area contributed by atoms with Gasteiger partial charge in [0.05, 0.1) is 6.42 Å². The molecule has 0 aliphatic carbocycles. The molecule has 0 radical (unpaired) electrons. The van der Waals surface area contributed by atoms with E-state index in [1.807, 2.05) is 32.9 Å². The molecule has 5 heteroatoms. The van der Waals surface area contributed by atoms with Crippen molar-refractivity contribution >= 4 is 17.7 Å². The Kier molecular flexibility index (Phi) is 7.62. The molecule has 0 fully saturated rings. The molecule has 2 N–H and O–H groups in total. The van der Waals surface area contributed by atoms with E-state index >= 15 is 0 Å². The molecule has 0 saturated heterocycles. The van der Waals surface area contributed by atoms with Crippen molar-refractivity contribution in [1.82, 2.24) is 5.32 Å². The third-order valence-electron chi connectivity index (χ3n) is 4.51. The predicted molar refractivity (Wildman–Crippen MR) is 93.1 cm³/mol. The van der Waals surface area contributed by atoms with E-state index in [2.05, 4.69) is 5.32 Å². The molecular formula is C19H27NO4. The Labute approximate surface area is 143 Å². The summed E-state index contributed by atoms with van der Waals surface area (Å²) in [4.78, 5) is 35.3. The first kappa shape index (κ1) is 19.9. The molecule has 5 nitrogen and oxygen atoms in total. The van der Waals surface area contributed by atoms with Crippen LogP contribution < -0.4 is 5.32 Å². The summed E-state index contributed by atoms with van der Waals surface area (Å²) in [6.45, 7) is 5.76. The number of carbonyl (C=O) groups excluding carboxylic acids is 2. The molecule has 132 valence electrons. The lowest BCUT2D eigenvalue weighted by molar-refractivity contribution is -0.139. The van der Waals surface area contributed by atoms with Gasteiger partial charge in [-0.15, -0.1) is 0 Å². The Morgan fingerprint density at radius 3 is 2.04 bits per heavy atom. The highest BCUT2D eigenvalue weighted by Gasteiger charge is 2.30. The molecule has 0 heterocycles. The van der Waals surface area contributed by atoms with E-state index in [4.69, 9.17) is 5.11 Å². The highest BCUT2D eigenvalue weighted by atomic mass is 16.4. The number of carboxylic acids is 1. The number of aliphatic carboxylic acids is 1. The van der Waals surface area contributed by atoms with E-state index in [-0.39, 0.29) is 31.0 Å². The molecule has 1 amide bonds. The summed E-state index contributed by atoms with van der Waals surface area (Å²) in [5.74, 6) is -1.30. The van der Waals surface area contributed by atoms with Crippen LogP contribution in [0.15, 0.2) is 24.3 Å². The fourth-order valence-electron chi connectivity index (χ4n) is 2.67. The molecule has 1 rings (SSSR count). The highest BCUT2D eigenvalue weighted by Crippen LogP contribution is 2.20. The number of carboxylic acid groups (broad SMARTS) is 1. The van der Waals surface area contributed by atoms with Crippen molar-refractivity contribution in [2.45, 2.75) is 64.8 Å². The van der Waals surface area contributed by atoms with Crippen LogP contribution in [0.4, 0.5) is 0 Å². The second-order valence-electron chi connectivity index (χ2n) is 6.08. The Morgan fingerprint density at radius 1 is 1.00 bits per heavy atom. The minimum atomic E-state index is -0.939. The van der Waals surface area contributed by atoms with E-state index in [1.54, 1.807) is 12.1 Å². The van der Waals surface area contributed by atoms with Crippen molar-refractivity contribution in [3.63, 3.8) is 0 Å². The van der Waals surface area contributed by atoms with Gasteiger partial charge in [-0.2, -0.15) is 0 Å². The average Bonchev–Trinajstić information content (AvgIpc) is 2.58. The lowest BCUT2D eigenvalue weighted by Crippen LogP contribution is -2.49. The maximum atomic E-state index is 12.2. The molecule has 1 aromatic carbocycles. The standard InChI is InChI=1S/C19H27NO4/c1-4-14-7-9-15(10-8-14)16(21)11-12-17(22)20-19(5-2,6-3)13-18(23)24/h7-10H,4-6,11-13H2,1-3H3,(H,20,22)(H,23,24). The number of nitrogens with one attached hydrogen (secondary N) is 1. The van der Waals surface area contributed by atoms with Crippen LogP contribution >= 0.6 is 0 Å². The summed E-state index contributed by atoms with van der Waals surface area (Å²) in [7, 11) is 0. The van der Waals surface area contributed by atoms with Gasteiger partial charge in [0.1, 0.15) is 0 Å². The molecule has 0 aliphatic heterocycles. The van der Waals surface area contributed by atoms with Gasteiger partial charge >= 0.3 is 5.97 Å². The molecule has 0 unspecified atom stereocenters. The van der Waals surface area contributed by atoms with Gasteiger partial charge in [0.2, 0.25) is 5.91 Å². The van der Waals surface area contributed by atoms with E-state index < -0.39 is 11.5 Å². The largest absolute Gasteiger partial charge is 0.481 e. The summed E-state index contributed by atoms with van der Waals surface area (Å²) in [6, 6.07) is 7.40. The van der Waals surface area contributed by atoms with E-state index in [0.717, 1.165) is 12.0 Å². The van der Waals surface area contributed by atoms with E-state index in [9.17, 15) is 14.4 Å². The van der Waals surface area contributed by atoms with Crippen LogP contribution in [0.2, 0.25) is 0 Å². The van der Waals surface area contributed by atoms with Crippen LogP contribution in [0.5, 0.6) is 0 Å². The summed E-state index contributed by atoms with van der Waals surface area (Å²) in [6.07, 6.45) is 2.06. The molecule has 0 saturated carbocycles. The number of hydrogen-bond donors (Lipinski definition) is 2. The number of ketones is 1. The first-order valence-corrected chi connectivity index (χ1v) is 8.50. The quantitative estimate of drug-likeness (QED) is 0.643. The SMILES string of the molecule is CCc1ccc(C(=O)CCC(=O)NC(CC)(CC)CC(=O)O)cc1. The fraction of sp³-hybridized carbons (Fsp3) is 0.526. The Balaban J connectivity index is 2.60. The topological polar surface area (TPSA) is 83.5 Å². The average molecular weight is 333 g/mol. The van der Waals surface area contributed by atoms with Crippen LogP contribution in [0.1, 0.15) is 68.8 Å². The number of aryl methyl sites for hydroxylation is 1. The van der Waals surface area contributed by atoms with E-state index in [0.29, 0.717) is 18.4 Å². The van der Waals surface area contributed by atoms with Gasteiger partial charge in [0.25, 0.3) is 0 Å². The number of rotatable bonds is 10. The van der Waals surface area contributed by atoms with Crippen LogP contribution in [-0.4, -0.2) is 28.3 Å². The molecule has 0 atom stereocenters. The van der Waals surface area contributed by atoms with Crippen molar-refractivity contribution in [2.75, 3.05) is 0 Å². The monoisotopic (exact) mass is 333 g/mol. The van der Waals surface area contributed by atoms with Gasteiger partial charge in [0.15, 0.2) is 5.78 Å². The minimum absolute atomic E-state index is 0.0652. The number of Topliss-reactive ketones (excluding diaryl/α,β-unsaturated/α-hetero) is 1. The number of hydrogen-bond acceptors (Lipinski definition) is 3. The summed E-state index contributed by atoms with van der Waals surface area (Å²) in [5.41, 5.74) is 1.02. The number of amides is 1. The lowest BCUT2D eigenvalue weighted by Gasteiger charge is -2.31. The smallest absolute Gasteiger partial charge is 0.305 e. The zero-order valence-corrected chi connectivity index (χ0v) is 14.7. The zero-order chi connectivity index (χ0) is 18.2. The lowest BCUT2D eigenvalue weighted by atomic mass is 9.88. The summed E-state index contributed by atoms with van der Waals surface area (Å²) >= 11 is 0. The Bertz CT molecular complexity index is 574. The predicted octanol–water partition coefficient (Wildman–Crippen LogP) is 3.36. The highest BCUT2D eigenvalue weighted by molar-refractivity contribution is 5.98. The van der Waals surface area contributed by atoms with Crippen LogP contribution in [0, 0.1) is 0 Å². The third kappa shape index (κ3) is 5.80. The molecule has 0 aliphatic rings. The van der Waals surface area contributed by atoms with Gasteiger partial charge in [0, 0.05) is 23.9 Å². The second-order valence-corrected chi connectivity index (χ2v) is 6.08. The second kappa shape index (κ2) is 9.21. The Hall–Kier alpha value is -2.17. The molecule has 0 bridgehead atoms. The molecule has 0 spiro atoms. The van der Waals surface area contributed by atoms with Crippen LogP contribution in [0.3, 0.4) is 0 Å². The molecule has 1 aromatic rings. The van der Waals surface area contributed by atoms with Crippen LogP contribution in [0.25, 0.3) is 0 Å². The van der Waals surface area contributed by atoms with Crippen molar-refractivity contribution in [2.24, 2.45) is 0 Å². The van der Waals surface area contributed by atoms with Gasteiger partial charge in [-0.1, -0.05) is 45.0 Å². The van der Waals surface area contributed by atoms with Crippen molar-refractivity contribution in [3.05, 3.63) is 35.4 Å². The summed E-state index contributed by atoms with van der Waals surface area (Å²) < 4.78 is 0. The van der Waals surface area contributed by atoms with Crippen molar-refractivity contribution < 1.29 is 19.5 Å². The van der Waals surface area contributed by atoms with Gasteiger partial charge in [-0.25, -0.2) is 0 Å². The van der Waals surface area contributed by atoms with Gasteiger partial charge < -0.3 is 10.4 Å². The first-order valence-electron chi connectivity index (χ1n) is 8.50. The first-order chi connectivity index (χ1) is 11.4. The van der Waals surface area contributed by atoms with Gasteiger partial charge in [-0.3, -0.25) is 14.4 Å². The maximum Gasteiger partial charge on any atom is 0.305 e. The van der Waals surface area contributed by atoms with Gasteiger partial charge in [-0.05, 0) is 24.8 Å². The number of carbonyl (C=O) groups is 3. The Morgan fingerprint density at radius 2 is 1.58 bits per heavy atom. The minimum Gasteiger partial charge on any atom is -0.481 e. The van der Waals surface area contributed by atoms with Crippen LogP contribution in [-0.2, 0) is 16.0 Å². The third-order valence-corrected chi connectivity index (χ3v) is 4.51. The molecular weight excluding hydrogens is 306 g/mol. The zero-order valence-electron chi connectivity index (χ0n) is 14.7. The summed E-state index contributed by atoms with van der Waals surface area (Å²) in [5, 5.41) is 11.8. The molecule has 24 heavy (non-hydrogen) atoms.